The van der Waals surface area contributed by atoms with Crippen molar-refractivity contribution in [3.8, 4) is 18.3 Å². The fourth-order valence-corrected chi connectivity index (χ4v) is 0.965. The molecule has 4 heteroatoms. The minimum Gasteiger partial charge on any atom is -0.872 e. The molecular weight excluding hydrogens is 206 g/mol. The summed E-state index contributed by atoms with van der Waals surface area (Å²) in [6.45, 7) is 6.79. The molecule has 0 bridgehead atoms. The van der Waals surface area contributed by atoms with Gasteiger partial charge in [0.05, 0.1) is 6.57 Å². The minimum absolute atomic E-state index is 0.146. The lowest BCUT2D eigenvalue weighted by molar-refractivity contribution is -0.268. The Bertz CT molecular complexity index is 501. The third-order valence-electron chi connectivity index (χ3n) is 1.66. The highest BCUT2D eigenvalue weighted by Gasteiger charge is 2.10. The molecule has 78 valence electrons. The van der Waals surface area contributed by atoms with Crippen LogP contribution in [-0.4, -0.2) is 5.97 Å². The fraction of sp³-hybridized carbons (Fsp3) is 0. The van der Waals surface area contributed by atoms with Gasteiger partial charge in [0.15, 0.2) is 0 Å². The van der Waals surface area contributed by atoms with Crippen LogP contribution in [-0.2, 0) is 9.53 Å². The van der Waals surface area contributed by atoms with Crippen LogP contribution in [0.3, 0.4) is 0 Å². The van der Waals surface area contributed by atoms with Crippen molar-refractivity contribution in [2.24, 2.45) is 0 Å². The predicted molar refractivity (Wildman–Crippen MR) is 55.4 cm³/mol. The molecular formula is C12H6NO3-. The van der Waals surface area contributed by atoms with Crippen LogP contribution in [0.2, 0.25) is 0 Å². The van der Waals surface area contributed by atoms with Gasteiger partial charge in [-0.2, -0.15) is 0 Å². The number of ether oxygens (including phenoxy) is 1. The highest BCUT2D eigenvalue weighted by atomic mass is 16.5. The first-order valence-corrected chi connectivity index (χ1v) is 4.20. The summed E-state index contributed by atoms with van der Waals surface area (Å²) in [6.07, 6.45) is 7.76. The molecule has 0 aliphatic heterocycles. The van der Waals surface area contributed by atoms with Crippen LogP contribution in [0.4, 0.5) is 0 Å². The van der Waals surface area contributed by atoms with Gasteiger partial charge in [0.25, 0.3) is 5.70 Å². The van der Waals surface area contributed by atoms with Gasteiger partial charge in [-0.1, -0.05) is 30.7 Å². The third kappa shape index (κ3) is 2.90. The highest BCUT2D eigenvalue weighted by Crippen LogP contribution is 2.12. The summed E-state index contributed by atoms with van der Waals surface area (Å²) in [6, 6.07) is 5.66. The average molecular weight is 212 g/mol. The molecule has 0 atom stereocenters. The molecule has 0 heterocycles. The Morgan fingerprint density at radius 2 is 2.12 bits per heavy atom. The van der Waals surface area contributed by atoms with Gasteiger partial charge >= 0.3 is 5.97 Å². The van der Waals surface area contributed by atoms with Crippen molar-refractivity contribution >= 4 is 12.0 Å². The number of carbonyl (C=O) groups is 1. The molecule has 0 saturated heterocycles. The zero-order valence-corrected chi connectivity index (χ0v) is 8.14. The molecule has 0 fully saturated rings. The predicted octanol–water partition coefficient (Wildman–Crippen LogP) is 1.15. The number of esters is 1. The van der Waals surface area contributed by atoms with Crippen LogP contribution in [0.15, 0.2) is 30.0 Å². The van der Waals surface area contributed by atoms with Gasteiger partial charge in [-0.25, -0.2) is 4.85 Å². The Balaban J connectivity index is 2.98. The van der Waals surface area contributed by atoms with E-state index >= 15 is 0 Å². The molecule has 4 nitrogen and oxygen atoms in total. The summed E-state index contributed by atoms with van der Waals surface area (Å²) in [4.78, 5) is 14.1. The Morgan fingerprint density at radius 1 is 1.50 bits per heavy atom. The summed E-state index contributed by atoms with van der Waals surface area (Å²) >= 11 is 0. The SMILES string of the molecule is [C-]#[N+]C(=Cc1ccc([O-])cc1)C(=O)OC#C. The summed E-state index contributed by atoms with van der Waals surface area (Å²) < 4.78 is 4.24. The van der Waals surface area contributed by atoms with Gasteiger partial charge in [-0.3, -0.25) is 4.79 Å². The smallest absolute Gasteiger partial charge is 0.350 e. The molecule has 1 aromatic carbocycles. The van der Waals surface area contributed by atoms with E-state index in [2.05, 4.69) is 9.58 Å². The van der Waals surface area contributed by atoms with Gasteiger partial charge in [0, 0.05) is 0 Å². The second-order valence-corrected chi connectivity index (χ2v) is 2.72. The first-order valence-electron chi connectivity index (χ1n) is 4.20. The monoisotopic (exact) mass is 212 g/mol. The van der Waals surface area contributed by atoms with E-state index in [9.17, 15) is 9.90 Å². The van der Waals surface area contributed by atoms with E-state index in [1.54, 1.807) is 6.11 Å². The maximum absolute atomic E-state index is 11.1. The number of rotatable bonds is 2. The van der Waals surface area contributed by atoms with Crippen molar-refractivity contribution in [3.63, 3.8) is 0 Å². The zero-order chi connectivity index (χ0) is 12.0. The third-order valence-corrected chi connectivity index (χ3v) is 1.66. The molecule has 1 rings (SSSR count). The summed E-state index contributed by atoms with van der Waals surface area (Å²) in [5, 5.41) is 10.8. The van der Waals surface area contributed by atoms with Crippen molar-refractivity contribution in [1.82, 2.24) is 0 Å². The largest absolute Gasteiger partial charge is 0.872 e. The molecule has 16 heavy (non-hydrogen) atoms. The Labute approximate surface area is 92.6 Å². The van der Waals surface area contributed by atoms with Crippen molar-refractivity contribution < 1.29 is 14.6 Å². The number of hydrogen-bond donors (Lipinski definition) is 0. The van der Waals surface area contributed by atoms with Gasteiger partial charge in [-0.15, -0.1) is 5.75 Å². The molecule has 0 amide bonds. The molecule has 1 aromatic rings. The van der Waals surface area contributed by atoms with Crippen LogP contribution >= 0.6 is 0 Å². The molecule has 0 unspecified atom stereocenters. The maximum Gasteiger partial charge on any atom is 0.350 e. The van der Waals surface area contributed by atoms with Crippen molar-refractivity contribution in [3.05, 3.63) is 46.9 Å². The fourth-order valence-electron chi connectivity index (χ4n) is 0.965. The van der Waals surface area contributed by atoms with Gasteiger partial charge in [-0.05, 0) is 11.6 Å². The van der Waals surface area contributed by atoms with Crippen molar-refractivity contribution in [2.45, 2.75) is 0 Å². The topological polar surface area (TPSA) is 53.7 Å². The van der Waals surface area contributed by atoms with Crippen LogP contribution in [0, 0.1) is 19.1 Å². The molecule has 0 radical (unpaired) electrons. The van der Waals surface area contributed by atoms with E-state index in [4.69, 9.17) is 13.0 Å². The zero-order valence-electron chi connectivity index (χ0n) is 8.14. The van der Waals surface area contributed by atoms with E-state index in [1.165, 1.54) is 30.3 Å². The standard InChI is InChI=1S/C12H7NO3/c1-3-16-12(15)11(13-2)8-9-4-6-10(14)7-5-9/h1,4-8,14H/p-1. The number of carbonyl (C=O) groups excluding carboxylic acids is 1. The normalized spacial score (nSPS) is 10.0. The van der Waals surface area contributed by atoms with E-state index < -0.39 is 5.97 Å². The summed E-state index contributed by atoms with van der Waals surface area (Å²) in [7, 11) is 0. The van der Waals surface area contributed by atoms with Gasteiger partial charge < -0.3 is 9.84 Å². The first kappa shape index (κ1) is 11.4. The van der Waals surface area contributed by atoms with Gasteiger partial charge in [0.1, 0.15) is 6.11 Å². The van der Waals surface area contributed by atoms with Crippen molar-refractivity contribution in [2.75, 3.05) is 0 Å². The summed E-state index contributed by atoms with van der Waals surface area (Å²) in [5.74, 6) is -1.03. The maximum atomic E-state index is 11.1. The van der Waals surface area contributed by atoms with Gasteiger partial charge in [0.2, 0.25) is 0 Å². The highest BCUT2D eigenvalue weighted by molar-refractivity contribution is 5.96. The lowest BCUT2D eigenvalue weighted by atomic mass is 10.2. The van der Waals surface area contributed by atoms with Crippen LogP contribution < -0.4 is 5.11 Å². The first-order chi connectivity index (χ1) is 7.67. The molecule has 0 aromatic heterocycles. The quantitative estimate of drug-likeness (QED) is 0.320. The van der Waals surface area contributed by atoms with Crippen LogP contribution in [0.5, 0.6) is 5.75 Å². The minimum atomic E-state index is -0.885. The second kappa shape index (κ2) is 5.23. The molecule has 0 aliphatic carbocycles. The number of benzene rings is 1. The van der Waals surface area contributed by atoms with E-state index in [1.807, 2.05) is 0 Å². The van der Waals surface area contributed by atoms with E-state index in [0.717, 1.165) is 0 Å². The van der Waals surface area contributed by atoms with Crippen LogP contribution in [0.1, 0.15) is 5.56 Å². The van der Waals surface area contributed by atoms with Crippen LogP contribution in [0.25, 0.3) is 10.9 Å². The van der Waals surface area contributed by atoms with Crippen molar-refractivity contribution in [1.29, 1.82) is 0 Å². The Morgan fingerprint density at radius 3 is 2.62 bits per heavy atom. The molecule has 0 aliphatic rings. The molecule has 0 spiro atoms. The molecule has 0 N–H and O–H groups in total. The average Bonchev–Trinajstić information content (AvgIpc) is 2.28. The second-order valence-electron chi connectivity index (χ2n) is 2.72. The van der Waals surface area contributed by atoms with E-state index in [-0.39, 0.29) is 11.4 Å². The molecule has 0 saturated carbocycles. The Kier molecular flexibility index (Phi) is 3.71. The lowest BCUT2D eigenvalue weighted by Gasteiger charge is -2.03. The number of terminal acetylenes is 1. The lowest BCUT2D eigenvalue weighted by Crippen LogP contribution is -2.00. The number of nitrogens with zero attached hydrogens (tertiary/aromatic N) is 1. The Hall–Kier alpha value is -2.72. The van der Waals surface area contributed by atoms with E-state index in [0.29, 0.717) is 5.56 Å². The summed E-state index contributed by atoms with van der Waals surface area (Å²) in [5.41, 5.74) is 0.316. The number of hydrogen-bond acceptors (Lipinski definition) is 3.